The first-order valence-corrected chi connectivity index (χ1v) is 26.7. The molecule has 2 aromatic heterocycles. The molecule has 0 radical (unpaired) electrons. The van der Waals surface area contributed by atoms with Crippen LogP contribution in [0.15, 0.2) is 102 Å². The van der Waals surface area contributed by atoms with Crippen LogP contribution < -0.4 is 24.3 Å². The van der Waals surface area contributed by atoms with Gasteiger partial charge in [0.05, 0.1) is 33.3 Å². The Morgan fingerprint density at radius 2 is 1.42 bits per heavy atom. The van der Waals surface area contributed by atoms with Crippen molar-refractivity contribution in [3.05, 3.63) is 103 Å². The Morgan fingerprint density at radius 3 is 2.07 bits per heavy atom. The highest BCUT2D eigenvalue weighted by Crippen LogP contribution is 2.68. The van der Waals surface area contributed by atoms with Gasteiger partial charge in [0, 0.05) is 18.7 Å². The summed E-state index contributed by atoms with van der Waals surface area (Å²) < 4.78 is 94.4. The number of methoxy groups -OCH3 is 2. The number of nitrogens with one attached hydrogen (secondary N) is 1. The molecule has 0 amide bonds. The second-order valence-corrected chi connectivity index (χ2v) is 20.6. The number of phosphoric acid groups is 2. The lowest BCUT2D eigenvalue weighted by Gasteiger charge is -2.24. The third-order valence-corrected chi connectivity index (χ3v) is 15.3. The molecule has 3 heterocycles. The molecule has 368 valence electrons. The third kappa shape index (κ3) is 13.4. The zero-order valence-electron chi connectivity index (χ0n) is 37.1. The molecule has 1 fully saturated rings. The highest BCUT2D eigenvalue weighted by atomic mass is 32.2. The van der Waals surface area contributed by atoms with Crippen molar-refractivity contribution in [2.75, 3.05) is 38.9 Å². The number of ether oxygens (including phenoxy) is 7. The summed E-state index contributed by atoms with van der Waals surface area (Å²) >= 11 is 1.21. The number of fused-ring (bicyclic) bond motifs is 2. The Morgan fingerprint density at radius 1 is 0.797 bits per heavy atom. The number of hydrogen-bond acceptors (Lipinski definition) is 20. The zero-order valence-corrected chi connectivity index (χ0v) is 40.6. The van der Waals surface area contributed by atoms with Gasteiger partial charge in [-0.2, -0.15) is 4.31 Å². The van der Waals surface area contributed by atoms with Gasteiger partial charge in [-0.3, -0.25) is 13.7 Å². The molecule has 6 aromatic rings. The number of carbonyl (C=O) groups excluding carboxylic acids is 2. The number of benzene rings is 4. The van der Waals surface area contributed by atoms with Crippen molar-refractivity contribution in [1.82, 2.24) is 19.5 Å². The van der Waals surface area contributed by atoms with E-state index in [4.69, 9.17) is 37.7 Å². The average molecular weight is 1030 g/mol. The van der Waals surface area contributed by atoms with Crippen LogP contribution in [0.2, 0.25) is 0 Å². The second kappa shape index (κ2) is 22.4. The van der Waals surface area contributed by atoms with Gasteiger partial charge in [-0.1, -0.05) is 79.7 Å². The quantitative estimate of drug-likeness (QED) is 0.0131. The van der Waals surface area contributed by atoms with Gasteiger partial charge < -0.3 is 53.2 Å². The smallest absolute Gasteiger partial charge is 0.497 e. The summed E-state index contributed by atoms with van der Waals surface area (Å²) in [6.45, 7) is 1.42. The Bertz CT molecular complexity index is 2940. The molecule has 4 N–H and O–H groups in total. The maximum Gasteiger partial charge on any atom is 0.514 e. The molecule has 0 aliphatic carbocycles. The van der Waals surface area contributed by atoms with Gasteiger partial charge in [0.2, 0.25) is 0 Å². The third-order valence-electron chi connectivity index (χ3n) is 10.0. The number of nitrogens with zero attached hydrogens (tertiary/aromatic N) is 4. The fourth-order valence-electron chi connectivity index (χ4n) is 6.98. The van der Waals surface area contributed by atoms with Gasteiger partial charge >= 0.3 is 35.6 Å². The Kier molecular flexibility index (Phi) is 16.7. The van der Waals surface area contributed by atoms with Crippen LogP contribution in [-0.2, 0) is 47.2 Å². The van der Waals surface area contributed by atoms with Crippen LogP contribution in [0.5, 0.6) is 23.0 Å². The van der Waals surface area contributed by atoms with Gasteiger partial charge in [0.25, 0.3) is 0 Å². The van der Waals surface area contributed by atoms with Crippen LogP contribution >= 0.6 is 35.0 Å². The standard InChI is InChI=1S/C42H46N5O18P3S/c1-5-6-20-43-37-34-38(46-40(45-37)69-4)47(25-44-34)39-36(63-42(49)60-31-18-11-16-29(22-31)57-3)35(62-41(48)59-30-17-10-15-28(21-30)56-2)33(61-39)23-58-67(52,53)65-68(54,55)64-66(50,51)24-27-14-9-13-26-12-7-8-19-32(26)27/h7-19,21-22,25,33,35-36,39H,5-6,20,23-24H2,1-4H3,(H,50,51)(H,52,53)(H,54,55)(H,43,45,46)/t33-,35?,36+,39-/m1/s1. The summed E-state index contributed by atoms with van der Waals surface area (Å²) in [6.07, 6.45) is -5.73. The zero-order chi connectivity index (χ0) is 49.3. The minimum Gasteiger partial charge on any atom is -0.497 e. The van der Waals surface area contributed by atoms with Crippen molar-refractivity contribution in [3.8, 4) is 23.0 Å². The maximum absolute atomic E-state index is 13.7. The van der Waals surface area contributed by atoms with E-state index in [1.165, 1.54) is 73.3 Å². The molecule has 69 heavy (non-hydrogen) atoms. The molecule has 4 aromatic carbocycles. The summed E-state index contributed by atoms with van der Waals surface area (Å²) in [5.74, 6) is 0.943. The maximum atomic E-state index is 13.7. The molecule has 1 aliphatic heterocycles. The number of phosphoric ester groups is 1. The van der Waals surface area contributed by atoms with Crippen LogP contribution in [0.1, 0.15) is 31.6 Å². The van der Waals surface area contributed by atoms with E-state index in [2.05, 4.69) is 28.9 Å². The summed E-state index contributed by atoms with van der Waals surface area (Å²) in [7, 11) is -13.9. The van der Waals surface area contributed by atoms with Gasteiger partial charge in [-0.05, 0) is 53.3 Å². The molecule has 0 spiro atoms. The number of hydrogen-bond donors (Lipinski definition) is 4. The number of unbranched alkanes of at least 4 members (excludes halogenated alkanes) is 1. The van der Waals surface area contributed by atoms with E-state index in [0.717, 1.165) is 12.8 Å². The highest BCUT2D eigenvalue weighted by molar-refractivity contribution is 7.98. The van der Waals surface area contributed by atoms with E-state index >= 15 is 0 Å². The van der Waals surface area contributed by atoms with Gasteiger partial charge in [-0.25, -0.2) is 38.0 Å². The molecule has 7 rings (SSSR count). The van der Waals surface area contributed by atoms with E-state index in [0.29, 0.717) is 39.8 Å². The van der Waals surface area contributed by atoms with Crippen LogP contribution in [0.25, 0.3) is 21.9 Å². The lowest BCUT2D eigenvalue weighted by Crippen LogP contribution is -2.42. The highest BCUT2D eigenvalue weighted by Gasteiger charge is 2.53. The van der Waals surface area contributed by atoms with Crippen LogP contribution in [0.3, 0.4) is 0 Å². The van der Waals surface area contributed by atoms with Crippen molar-refractivity contribution in [2.24, 2.45) is 0 Å². The van der Waals surface area contributed by atoms with E-state index in [1.807, 2.05) is 6.92 Å². The summed E-state index contributed by atoms with van der Waals surface area (Å²) in [6, 6.07) is 23.5. The molecule has 1 aliphatic rings. The average Bonchev–Trinajstić information content (AvgIpc) is 3.88. The topological polar surface area (TPSA) is 294 Å². The Labute approximate surface area is 398 Å². The number of imidazole rings is 1. The Balaban J connectivity index is 1.20. The predicted molar refractivity (Wildman–Crippen MR) is 247 cm³/mol. The largest absolute Gasteiger partial charge is 0.514 e. The number of aromatic nitrogens is 4. The molecule has 1 saturated heterocycles. The molecule has 7 atom stereocenters. The second-order valence-electron chi connectivity index (χ2n) is 14.8. The number of anilines is 1. The van der Waals surface area contributed by atoms with Crippen LogP contribution in [-0.4, -0.2) is 98.4 Å². The van der Waals surface area contributed by atoms with Crippen LogP contribution in [0, 0.1) is 0 Å². The lowest BCUT2D eigenvalue weighted by atomic mass is 10.1. The van der Waals surface area contributed by atoms with E-state index < -0.39 is 72.9 Å². The molecule has 4 unspecified atom stereocenters. The Hall–Kier alpha value is -5.61. The normalized spacial score (nSPS) is 19.5. The summed E-state index contributed by atoms with van der Waals surface area (Å²) in [5.41, 5.74) is 0.661. The fraction of sp³-hybridized carbons (Fsp3) is 0.310. The van der Waals surface area contributed by atoms with E-state index in [1.54, 1.807) is 60.9 Å². The van der Waals surface area contributed by atoms with Gasteiger partial charge in [-0.15, -0.1) is 0 Å². The SMILES string of the molecule is CCCCNc1nc(SC)nc2c1ncn2[C@@H]1O[C@H](COP(=O)(O)OP(=O)(O)OP(=O)(O)Cc2cccc3ccccc23)C(OC(=O)Oc2cccc(OC)c2)[C@@H]1OC(=O)Oc1cccc(OC)c1. The summed E-state index contributed by atoms with van der Waals surface area (Å²) in [4.78, 5) is 73.0. The minimum absolute atomic E-state index is 0.0172. The lowest BCUT2D eigenvalue weighted by molar-refractivity contribution is -0.0565. The minimum atomic E-state index is -5.89. The van der Waals surface area contributed by atoms with Gasteiger partial charge in [0.15, 0.2) is 40.6 Å². The first-order chi connectivity index (χ1) is 33.0. The monoisotopic (exact) mass is 1030 g/mol. The van der Waals surface area contributed by atoms with E-state index in [-0.39, 0.29) is 28.2 Å². The molecular weight excluding hydrogens is 987 g/mol. The van der Waals surface area contributed by atoms with Gasteiger partial charge in [0.1, 0.15) is 29.1 Å². The first kappa shape index (κ1) is 51.2. The van der Waals surface area contributed by atoms with Crippen molar-refractivity contribution in [1.29, 1.82) is 0 Å². The van der Waals surface area contributed by atoms with Crippen molar-refractivity contribution >= 4 is 75.1 Å². The van der Waals surface area contributed by atoms with Crippen LogP contribution in [0.4, 0.5) is 15.4 Å². The number of rotatable bonds is 21. The first-order valence-electron chi connectivity index (χ1n) is 20.7. The molecule has 23 nitrogen and oxygen atoms in total. The number of carbonyl (C=O) groups is 2. The molecule has 0 bridgehead atoms. The molecule has 0 saturated carbocycles. The predicted octanol–water partition coefficient (Wildman–Crippen LogP) is 8.63. The van der Waals surface area contributed by atoms with Crippen molar-refractivity contribution < 1.29 is 84.3 Å². The number of thioether (sulfide) groups is 1. The molecular formula is C42H46N5O18P3S. The van der Waals surface area contributed by atoms with Crippen molar-refractivity contribution in [3.63, 3.8) is 0 Å². The fourth-order valence-corrected chi connectivity index (χ4v) is 11.5. The molecule has 27 heteroatoms. The van der Waals surface area contributed by atoms with Crippen molar-refractivity contribution in [2.45, 2.75) is 55.6 Å². The summed E-state index contributed by atoms with van der Waals surface area (Å²) in [5, 5.41) is 4.78. The van der Waals surface area contributed by atoms with E-state index in [9.17, 15) is 38.0 Å².